The van der Waals surface area contributed by atoms with Gasteiger partial charge in [-0.15, -0.1) is 0 Å². The van der Waals surface area contributed by atoms with Crippen LogP contribution in [0.2, 0.25) is 0 Å². The highest BCUT2D eigenvalue weighted by molar-refractivity contribution is 5.94. The highest BCUT2D eigenvalue weighted by Crippen LogP contribution is 2.68. The summed E-state index contributed by atoms with van der Waals surface area (Å²) >= 11 is 0. The minimum absolute atomic E-state index is 0.0949. The van der Waals surface area contributed by atoms with Crippen molar-refractivity contribution < 1.29 is 39.5 Å². The first-order valence-corrected chi connectivity index (χ1v) is 7.95. The summed E-state index contributed by atoms with van der Waals surface area (Å²) < 4.78 is 5.47. The molecule has 1 aromatic carbocycles. The standard InChI is InChI=1S/C16H19NO6.CH2O2/c18-5-6-23-12-4-2-1-3-11(12)7-17-9-15(13(19)20)8-16(15,10-17)14(21)22;2-1-3/h1-4,18H,5-10H2,(H,19,20)(H,21,22);1H,(H,2,3)/t15-,16+;. The van der Waals surface area contributed by atoms with Crippen molar-refractivity contribution in [2.24, 2.45) is 10.8 Å². The van der Waals surface area contributed by atoms with E-state index in [1.54, 1.807) is 6.07 Å². The van der Waals surface area contributed by atoms with E-state index in [9.17, 15) is 19.8 Å². The molecule has 0 aromatic heterocycles. The fourth-order valence-corrected chi connectivity index (χ4v) is 3.68. The number of benzene rings is 1. The van der Waals surface area contributed by atoms with Crippen LogP contribution in [0.15, 0.2) is 24.3 Å². The number of carboxylic acid groups (broad SMARTS) is 3. The second-order valence-corrected chi connectivity index (χ2v) is 6.38. The van der Waals surface area contributed by atoms with Gasteiger partial charge in [0.15, 0.2) is 0 Å². The quantitative estimate of drug-likeness (QED) is 0.494. The average molecular weight is 367 g/mol. The van der Waals surface area contributed by atoms with E-state index in [0.717, 1.165) is 5.56 Å². The summed E-state index contributed by atoms with van der Waals surface area (Å²) in [6.07, 6.45) is 0.198. The molecule has 0 bridgehead atoms. The van der Waals surface area contributed by atoms with Gasteiger partial charge in [0, 0.05) is 25.2 Å². The van der Waals surface area contributed by atoms with Gasteiger partial charge >= 0.3 is 11.9 Å². The normalized spacial score (nSPS) is 26.2. The van der Waals surface area contributed by atoms with E-state index < -0.39 is 22.8 Å². The van der Waals surface area contributed by atoms with Crippen molar-refractivity contribution in [3.8, 4) is 5.75 Å². The van der Waals surface area contributed by atoms with E-state index in [1.807, 2.05) is 23.1 Å². The summed E-state index contributed by atoms with van der Waals surface area (Å²) in [6, 6.07) is 7.30. The third kappa shape index (κ3) is 3.35. The maximum Gasteiger partial charge on any atom is 0.312 e. The number of aliphatic hydroxyl groups excluding tert-OH is 1. The number of nitrogens with zero attached hydrogens (tertiary/aromatic N) is 1. The van der Waals surface area contributed by atoms with Gasteiger partial charge in [0.2, 0.25) is 0 Å². The van der Waals surface area contributed by atoms with E-state index in [0.29, 0.717) is 12.3 Å². The lowest BCUT2D eigenvalue weighted by Gasteiger charge is -2.21. The Morgan fingerprint density at radius 1 is 1.15 bits per heavy atom. The van der Waals surface area contributed by atoms with Crippen LogP contribution in [0.1, 0.15) is 12.0 Å². The lowest BCUT2D eigenvalue weighted by atomic mass is 9.97. The fourth-order valence-electron chi connectivity index (χ4n) is 3.68. The minimum Gasteiger partial charge on any atom is -0.491 e. The van der Waals surface area contributed by atoms with E-state index in [2.05, 4.69) is 0 Å². The van der Waals surface area contributed by atoms with Crippen molar-refractivity contribution in [2.45, 2.75) is 13.0 Å². The molecule has 1 saturated heterocycles. The lowest BCUT2D eigenvalue weighted by Crippen LogP contribution is -2.28. The monoisotopic (exact) mass is 367 g/mol. The van der Waals surface area contributed by atoms with Crippen molar-refractivity contribution in [3.05, 3.63) is 29.8 Å². The average Bonchev–Trinajstić information content (AvgIpc) is 3.14. The number of aliphatic carboxylic acids is 2. The van der Waals surface area contributed by atoms with Gasteiger partial charge in [-0.2, -0.15) is 0 Å². The summed E-state index contributed by atoms with van der Waals surface area (Å²) in [5.41, 5.74) is -1.48. The lowest BCUT2D eigenvalue weighted by molar-refractivity contribution is -0.151. The Labute approximate surface area is 149 Å². The molecule has 142 valence electrons. The van der Waals surface area contributed by atoms with Crippen LogP contribution in [0.3, 0.4) is 0 Å². The predicted octanol–water partition coefficient (Wildman–Crippen LogP) is 0.120. The van der Waals surface area contributed by atoms with Crippen molar-refractivity contribution in [1.29, 1.82) is 0 Å². The van der Waals surface area contributed by atoms with Gasteiger partial charge in [-0.1, -0.05) is 18.2 Å². The number of rotatable bonds is 7. The van der Waals surface area contributed by atoms with Crippen LogP contribution in [-0.4, -0.2) is 70.0 Å². The molecule has 0 unspecified atom stereocenters. The Bertz CT molecular complexity index is 665. The molecule has 3 rings (SSSR count). The molecule has 0 radical (unpaired) electrons. The third-order valence-corrected chi connectivity index (χ3v) is 4.92. The van der Waals surface area contributed by atoms with Crippen LogP contribution in [0.4, 0.5) is 0 Å². The van der Waals surface area contributed by atoms with Crippen molar-refractivity contribution in [3.63, 3.8) is 0 Å². The number of likely N-dealkylation sites (tertiary alicyclic amines) is 1. The van der Waals surface area contributed by atoms with E-state index in [4.69, 9.17) is 19.7 Å². The number of ether oxygens (including phenoxy) is 1. The van der Waals surface area contributed by atoms with Crippen LogP contribution in [0.5, 0.6) is 5.75 Å². The zero-order chi connectivity index (χ0) is 19.4. The minimum atomic E-state index is -1.17. The Balaban J connectivity index is 0.000000758. The molecule has 1 aromatic rings. The maximum absolute atomic E-state index is 11.5. The number of carboxylic acids is 2. The molecule has 2 aliphatic rings. The van der Waals surface area contributed by atoms with Crippen molar-refractivity contribution >= 4 is 18.4 Å². The van der Waals surface area contributed by atoms with E-state index in [-0.39, 0.29) is 39.2 Å². The summed E-state index contributed by atoms with van der Waals surface area (Å²) in [4.78, 5) is 33.3. The Kier molecular flexibility index (Phi) is 5.83. The Morgan fingerprint density at radius 3 is 2.19 bits per heavy atom. The number of hydrogen-bond donors (Lipinski definition) is 4. The van der Waals surface area contributed by atoms with Crippen LogP contribution >= 0.6 is 0 Å². The summed E-state index contributed by atoms with van der Waals surface area (Å²) in [7, 11) is 0. The third-order valence-electron chi connectivity index (χ3n) is 4.92. The first kappa shape index (κ1) is 19.7. The number of carbonyl (C=O) groups is 3. The van der Waals surface area contributed by atoms with Gasteiger partial charge in [0.05, 0.1) is 17.4 Å². The van der Waals surface area contributed by atoms with Crippen molar-refractivity contribution in [2.75, 3.05) is 26.3 Å². The van der Waals surface area contributed by atoms with Gasteiger partial charge < -0.3 is 25.2 Å². The predicted molar refractivity (Wildman–Crippen MR) is 87.7 cm³/mol. The molecule has 1 heterocycles. The van der Waals surface area contributed by atoms with E-state index >= 15 is 0 Å². The highest BCUT2D eigenvalue weighted by atomic mass is 16.5. The molecule has 2 fully saturated rings. The number of aliphatic hydroxyl groups is 1. The van der Waals surface area contributed by atoms with Gasteiger partial charge in [-0.25, -0.2) is 0 Å². The van der Waals surface area contributed by atoms with Crippen LogP contribution in [-0.2, 0) is 20.9 Å². The number of piperidine rings is 1. The number of fused-ring (bicyclic) bond motifs is 1. The molecular weight excluding hydrogens is 346 g/mol. The topological polar surface area (TPSA) is 145 Å². The molecule has 0 spiro atoms. The van der Waals surface area contributed by atoms with Gasteiger partial charge in [0.1, 0.15) is 12.4 Å². The number of hydrogen-bond acceptors (Lipinski definition) is 6. The van der Waals surface area contributed by atoms with Crippen LogP contribution in [0.25, 0.3) is 0 Å². The van der Waals surface area contributed by atoms with Crippen LogP contribution in [0, 0.1) is 10.8 Å². The second kappa shape index (κ2) is 7.71. The highest BCUT2D eigenvalue weighted by Gasteiger charge is 2.80. The second-order valence-electron chi connectivity index (χ2n) is 6.38. The zero-order valence-corrected chi connectivity index (χ0v) is 14.0. The van der Waals surface area contributed by atoms with Crippen molar-refractivity contribution in [1.82, 2.24) is 4.90 Å². The molecular formula is C17H21NO8. The smallest absolute Gasteiger partial charge is 0.312 e. The molecule has 9 nitrogen and oxygen atoms in total. The molecule has 1 aliphatic heterocycles. The fraction of sp³-hybridized carbons (Fsp3) is 0.471. The van der Waals surface area contributed by atoms with E-state index in [1.165, 1.54) is 0 Å². The zero-order valence-electron chi connectivity index (χ0n) is 14.0. The SMILES string of the molecule is O=C(O)[C@@]12CN(Cc3ccccc3OCCO)C[C@]1(C(=O)O)C2.O=CO. The largest absolute Gasteiger partial charge is 0.491 e. The van der Waals surface area contributed by atoms with Gasteiger partial charge in [-0.05, 0) is 12.5 Å². The first-order valence-electron chi connectivity index (χ1n) is 7.95. The maximum atomic E-state index is 11.5. The Morgan fingerprint density at radius 2 is 1.69 bits per heavy atom. The van der Waals surface area contributed by atoms with Crippen LogP contribution < -0.4 is 4.74 Å². The first-order chi connectivity index (χ1) is 12.4. The summed E-state index contributed by atoms with van der Waals surface area (Å²) in [5.74, 6) is -1.45. The molecule has 0 amide bonds. The summed E-state index contributed by atoms with van der Waals surface area (Å²) in [6.45, 7) is 0.703. The molecule has 2 atom stereocenters. The number of para-hydroxylation sites is 1. The Hall–Kier alpha value is -2.65. The molecule has 1 saturated carbocycles. The van der Waals surface area contributed by atoms with Gasteiger partial charge in [0.25, 0.3) is 6.47 Å². The molecule has 4 N–H and O–H groups in total. The molecule has 26 heavy (non-hydrogen) atoms. The molecule has 9 heteroatoms. The molecule has 1 aliphatic carbocycles. The summed E-state index contributed by atoms with van der Waals surface area (Å²) in [5, 5.41) is 34.6. The van der Waals surface area contributed by atoms with Gasteiger partial charge in [-0.3, -0.25) is 19.3 Å².